The first kappa shape index (κ1) is 21.5. The molecule has 1 aliphatic heterocycles. The largest absolute Gasteiger partial charge is 0.455 e. The Labute approximate surface area is 170 Å². The van der Waals surface area contributed by atoms with Crippen molar-refractivity contribution in [2.45, 2.75) is 36.0 Å². The third kappa shape index (κ3) is 4.88. The molecule has 1 aromatic carbocycles. The van der Waals surface area contributed by atoms with E-state index in [-0.39, 0.29) is 40.0 Å². The van der Waals surface area contributed by atoms with Crippen LogP contribution in [0.5, 0.6) is 0 Å². The second kappa shape index (κ2) is 8.68. The molecule has 158 valence electrons. The summed E-state index contributed by atoms with van der Waals surface area (Å²) in [5.74, 6) is -0.628. The summed E-state index contributed by atoms with van der Waals surface area (Å²) in [4.78, 5) is 12.5. The van der Waals surface area contributed by atoms with Crippen LogP contribution in [-0.2, 0) is 19.9 Å². The summed E-state index contributed by atoms with van der Waals surface area (Å²) in [6, 6.07) is 9.34. The van der Waals surface area contributed by atoms with Crippen LogP contribution in [0.4, 0.5) is 0 Å². The molecule has 1 N–H and O–H groups in total. The Hall–Kier alpha value is -2.17. The Bertz CT molecular complexity index is 1070. The minimum absolute atomic E-state index is 0.00351. The molecule has 8 nitrogen and oxygen atoms in total. The zero-order valence-electron chi connectivity index (χ0n) is 16.1. The van der Waals surface area contributed by atoms with E-state index in [1.54, 1.807) is 18.2 Å². The van der Waals surface area contributed by atoms with E-state index in [1.165, 1.54) is 29.4 Å². The third-order valence-corrected chi connectivity index (χ3v) is 8.58. The molecule has 2 aromatic rings. The Balaban J connectivity index is 1.58. The Morgan fingerprint density at radius 1 is 1.10 bits per heavy atom. The van der Waals surface area contributed by atoms with E-state index in [1.807, 2.05) is 0 Å². The second-order valence-corrected chi connectivity index (χ2v) is 10.9. The summed E-state index contributed by atoms with van der Waals surface area (Å²) in [7, 11) is -7.09. The predicted molar refractivity (Wildman–Crippen MR) is 107 cm³/mol. The second-order valence-electron chi connectivity index (χ2n) is 6.88. The molecular weight excluding hydrogens is 416 g/mol. The van der Waals surface area contributed by atoms with Crippen molar-refractivity contribution in [1.82, 2.24) is 9.62 Å². The number of rotatable bonds is 8. The number of hydrogen-bond donors (Lipinski definition) is 1. The standard InChI is InChI=1S/C19H24N2O6S2/c1-15-18(29(25,26)21-11-5-6-12-21)14-17(27-15)19(22)20-10-7-13-28(23,24)16-8-3-2-4-9-16/h2-4,8-9,14H,5-7,10-13H2,1H3,(H,20,22). The number of sulfonamides is 1. The normalized spacial score (nSPS) is 15.5. The first-order valence-electron chi connectivity index (χ1n) is 9.38. The number of furan rings is 1. The third-order valence-electron chi connectivity index (χ3n) is 4.76. The van der Waals surface area contributed by atoms with E-state index in [4.69, 9.17) is 4.42 Å². The van der Waals surface area contributed by atoms with Crippen LogP contribution in [0.15, 0.2) is 50.6 Å². The van der Waals surface area contributed by atoms with Crippen LogP contribution in [0.25, 0.3) is 0 Å². The van der Waals surface area contributed by atoms with E-state index < -0.39 is 25.8 Å². The zero-order chi connectivity index (χ0) is 21.1. The van der Waals surface area contributed by atoms with Crippen LogP contribution < -0.4 is 5.32 Å². The number of carbonyl (C=O) groups is 1. The molecule has 0 atom stereocenters. The van der Waals surface area contributed by atoms with Crippen molar-refractivity contribution in [2.75, 3.05) is 25.4 Å². The van der Waals surface area contributed by atoms with Gasteiger partial charge in [-0.05, 0) is 38.3 Å². The number of nitrogens with zero attached hydrogens (tertiary/aromatic N) is 1. The maximum Gasteiger partial charge on any atom is 0.287 e. The topological polar surface area (TPSA) is 114 Å². The van der Waals surface area contributed by atoms with Gasteiger partial charge in [0.1, 0.15) is 10.7 Å². The maximum atomic E-state index is 12.7. The van der Waals surface area contributed by atoms with E-state index in [9.17, 15) is 21.6 Å². The van der Waals surface area contributed by atoms with Crippen molar-refractivity contribution in [3.8, 4) is 0 Å². The van der Waals surface area contributed by atoms with Crippen molar-refractivity contribution in [1.29, 1.82) is 0 Å². The molecule has 0 bridgehead atoms. The van der Waals surface area contributed by atoms with Crippen LogP contribution in [0, 0.1) is 6.92 Å². The molecule has 1 aromatic heterocycles. The van der Waals surface area contributed by atoms with Crippen molar-refractivity contribution in [2.24, 2.45) is 0 Å². The molecule has 0 spiro atoms. The highest BCUT2D eigenvalue weighted by atomic mass is 32.2. The summed E-state index contributed by atoms with van der Waals surface area (Å²) in [5, 5.41) is 2.58. The monoisotopic (exact) mass is 440 g/mol. The van der Waals surface area contributed by atoms with Gasteiger partial charge in [0, 0.05) is 25.7 Å². The summed E-state index contributed by atoms with van der Waals surface area (Å²) >= 11 is 0. The minimum atomic E-state index is -3.68. The van der Waals surface area contributed by atoms with E-state index in [0.717, 1.165) is 12.8 Å². The van der Waals surface area contributed by atoms with E-state index in [2.05, 4.69) is 5.32 Å². The molecule has 1 amide bonds. The van der Waals surface area contributed by atoms with Crippen LogP contribution in [0.1, 0.15) is 35.6 Å². The number of benzene rings is 1. The van der Waals surface area contributed by atoms with Gasteiger partial charge in [0.05, 0.1) is 10.6 Å². The molecule has 1 aliphatic rings. The first-order valence-corrected chi connectivity index (χ1v) is 12.5. The summed E-state index contributed by atoms with van der Waals surface area (Å²) in [5.41, 5.74) is 0. The number of nitrogens with one attached hydrogen (secondary N) is 1. The van der Waals surface area contributed by atoms with Crippen molar-refractivity contribution >= 4 is 25.8 Å². The van der Waals surface area contributed by atoms with Gasteiger partial charge in [-0.15, -0.1) is 0 Å². The van der Waals surface area contributed by atoms with Crippen molar-refractivity contribution < 1.29 is 26.0 Å². The van der Waals surface area contributed by atoms with Gasteiger partial charge in [-0.25, -0.2) is 16.8 Å². The SMILES string of the molecule is Cc1oc(C(=O)NCCCS(=O)(=O)c2ccccc2)cc1S(=O)(=O)N1CCCC1. The molecule has 3 rings (SSSR count). The number of sulfone groups is 1. The van der Waals surface area contributed by atoms with Crippen LogP contribution in [-0.4, -0.2) is 52.4 Å². The molecule has 10 heteroatoms. The molecule has 0 saturated carbocycles. The molecule has 1 fully saturated rings. The highest BCUT2D eigenvalue weighted by molar-refractivity contribution is 7.91. The summed E-state index contributed by atoms with van der Waals surface area (Å²) in [6.07, 6.45) is 1.85. The number of hydrogen-bond acceptors (Lipinski definition) is 6. The molecular formula is C19H24N2O6S2. The van der Waals surface area contributed by atoms with Crippen molar-refractivity contribution in [3.05, 3.63) is 47.9 Å². The molecule has 2 heterocycles. The fourth-order valence-corrected chi connectivity index (χ4v) is 6.21. The molecule has 0 unspecified atom stereocenters. The maximum absolute atomic E-state index is 12.7. The molecule has 0 aliphatic carbocycles. The van der Waals surface area contributed by atoms with Gasteiger partial charge in [-0.2, -0.15) is 4.31 Å². The van der Waals surface area contributed by atoms with Crippen molar-refractivity contribution in [3.63, 3.8) is 0 Å². The highest BCUT2D eigenvalue weighted by Crippen LogP contribution is 2.26. The van der Waals surface area contributed by atoms with Crippen LogP contribution in [0.3, 0.4) is 0 Å². The van der Waals surface area contributed by atoms with Gasteiger partial charge >= 0.3 is 0 Å². The van der Waals surface area contributed by atoms with E-state index in [0.29, 0.717) is 13.1 Å². The fraction of sp³-hybridized carbons (Fsp3) is 0.421. The number of amides is 1. The lowest BCUT2D eigenvalue weighted by molar-refractivity contribution is 0.0924. The summed E-state index contributed by atoms with van der Waals surface area (Å²) < 4.78 is 56.5. The number of aryl methyl sites for hydroxylation is 1. The lowest BCUT2D eigenvalue weighted by Crippen LogP contribution is -2.28. The average Bonchev–Trinajstić information content (AvgIpc) is 3.36. The van der Waals surface area contributed by atoms with Gasteiger partial charge < -0.3 is 9.73 Å². The Kier molecular flexibility index (Phi) is 6.45. The molecule has 0 radical (unpaired) electrons. The summed E-state index contributed by atoms with van der Waals surface area (Å²) in [6.45, 7) is 2.56. The zero-order valence-corrected chi connectivity index (χ0v) is 17.8. The van der Waals surface area contributed by atoms with Gasteiger partial charge in [0.25, 0.3) is 5.91 Å². The minimum Gasteiger partial charge on any atom is -0.455 e. The van der Waals surface area contributed by atoms with Gasteiger partial charge in [0.2, 0.25) is 10.0 Å². The quantitative estimate of drug-likeness (QED) is 0.628. The fourth-order valence-electron chi connectivity index (χ4n) is 3.20. The van der Waals surface area contributed by atoms with Crippen LogP contribution >= 0.6 is 0 Å². The highest BCUT2D eigenvalue weighted by Gasteiger charge is 2.31. The first-order chi connectivity index (χ1) is 13.7. The smallest absolute Gasteiger partial charge is 0.287 e. The number of carbonyl (C=O) groups excluding carboxylic acids is 1. The predicted octanol–water partition coefficient (Wildman–Crippen LogP) is 1.97. The van der Waals surface area contributed by atoms with E-state index >= 15 is 0 Å². The van der Waals surface area contributed by atoms with Gasteiger partial charge in [-0.1, -0.05) is 18.2 Å². The van der Waals surface area contributed by atoms with Crippen LogP contribution in [0.2, 0.25) is 0 Å². The Morgan fingerprint density at radius 2 is 1.76 bits per heavy atom. The molecule has 29 heavy (non-hydrogen) atoms. The lowest BCUT2D eigenvalue weighted by Gasteiger charge is -2.14. The Morgan fingerprint density at radius 3 is 2.41 bits per heavy atom. The lowest BCUT2D eigenvalue weighted by atomic mass is 10.4. The average molecular weight is 441 g/mol. The van der Waals surface area contributed by atoms with Gasteiger partial charge in [-0.3, -0.25) is 4.79 Å². The molecule has 1 saturated heterocycles. The van der Waals surface area contributed by atoms with Gasteiger partial charge in [0.15, 0.2) is 15.6 Å².